The number of nitrogens with zero attached hydrogens (tertiary/aromatic N) is 2. The minimum absolute atomic E-state index is 0.00840. The summed E-state index contributed by atoms with van der Waals surface area (Å²) in [7, 11) is 0. The number of carbonyl (C=O) groups is 1. The first-order valence-electron chi connectivity index (χ1n) is 10.5. The molecule has 5 rings (SSSR count). The van der Waals surface area contributed by atoms with E-state index in [2.05, 4.69) is 10.1 Å². The molecule has 2 heterocycles. The van der Waals surface area contributed by atoms with E-state index in [1.54, 1.807) is 12.1 Å². The van der Waals surface area contributed by atoms with E-state index in [0.717, 1.165) is 16.8 Å². The predicted molar refractivity (Wildman–Crippen MR) is 131 cm³/mol. The van der Waals surface area contributed by atoms with Gasteiger partial charge in [0.25, 0.3) is 5.91 Å². The molecule has 0 fully saturated rings. The Balaban J connectivity index is 1.56. The molecule has 35 heavy (non-hydrogen) atoms. The number of hydrogen-bond donors (Lipinski definition) is 1. The van der Waals surface area contributed by atoms with Crippen LogP contribution in [0, 0.1) is 0 Å². The summed E-state index contributed by atoms with van der Waals surface area (Å²) in [5, 5.41) is 5.46. The van der Waals surface area contributed by atoms with Gasteiger partial charge in [0.2, 0.25) is 0 Å². The first-order chi connectivity index (χ1) is 16.9. The van der Waals surface area contributed by atoms with Crippen molar-refractivity contribution in [2.75, 3.05) is 11.9 Å². The third-order valence-corrected chi connectivity index (χ3v) is 6.36. The molecule has 1 N–H and O–H groups in total. The Labute approximate surface area is 208 Å². The quantitative estimate of drug-likeness (QED) is 0.339. The molecule has 0 bridgehead atoms. The number of rotatable bonds is 6. The van der Waals surface area contributed by atoms with Gasteiger partial charge in [-0.2, -0.15) is 8.78 Å². The molecule has 178 valence electrons. The number of nitrogens with one attached hydrogen (secondary N) is 1. The van der Waals surface area contributed by atoms with Crippen molar-refractivity contribution >= 4 is 40.2 Å². The van der Waals surface area contributed by atoms with Crippen LogP contribution in [-0.2, 0) is 11.3 Å². The molecule has 1 aromatic heterocycles. The number of hydrogen-bond acceptors (Lipinski definition) is 5. The van der Waals surface area contributed by atoms with E-state index in [1.165, 1.54) is 23.5 Å². The van der Waals surface area contributed by atoms with Gasteiger partial charge in [0.15, 0.2) is 11.4 Å². The molecule has 0 spiro atoms. The second-order valence-electron chi connectivity index (χ2n) is 7.65. The highest BCUT2D eigenvalue weighted by molar-refractivity contribution is 7.07. The zero-order chi connectivity index (χ0) is 24.4. The van der Waals surface area contributed by atoms with Crippen LogP contribution < -0.4 is 19.6 Å². The van der Waals surface area contributed by atoms with Gasteiger partial charge >= 0.3 is 6.61 Å². The Bertz CT molecular complexity index is 1430. The first kappa shape index (κ1) is 23.1. The minimum atomic E-state index is -2.88. The van der Waals surface area contributed by atoms with Crippen molar-refractivity contribution in [2.24, 2.45) is 4.99 Å². The standard InChI is InChI=1S/C25H18ClF2N3O3S/c26-17-4-1-15(2-5-17)12-31-21(16-3-10-22-20(11-16)30-23(32)13-33-22)14-35-25(31)29-18-6-8-19(9-7-18)34-24(27)28/h1-11,14,24H,12-13H2,(H,30,32). The molecule has 4 aromatic rings. The van der Waals surface area contributed by atoms with Crippen LogP contribution in [-0.4, -0.2) is 23.7 Å². The lowest BCUT2D eigenvalue weighted by atomic mass is 10.1. The van der Waals surface area contributed by atoms with Gasteiger partial charge in [-0.15, -0.1) is 11.3 Å². The Morgan fingerprint density at radius 1 is 1.11 bits per heavy atom. The molecule has 0 saturated heterocycles. The highest BCUT2D eigenvalue weighted by Gasteiger charge is 2.18. The highest BCUT2D eigenvalue weighted by atomic mass is 35.5. The van der Waals surface area contributed by atoms with Crippen molar-refractivity contribution in [3.8, 4) is 22.8 Å². The highest BCUT2D eigenvalue weighted by Crippen LogP contribution is 2.33. The minimum Gasteiger partial charge on any atom is -0.482 e. The third-order valence-electron chi connectivity index (χ3n) is 5.25. The Morgan fingerprint density at radius 2 is 1.89 bits per heavy atom. The van der Waals surface area contributed by atoms with Crippen LogP contribution in [0.15, 0.2) is 77.1 Å². The lowest BCUT2D eigenvalue weighted by molar-refractivity contribution is -0.118. The summed E-state index contributed by atoms with van der Waals surface area (Å²) in [5.41, 5.74) is 3.99. The number of anilines is 1. The molecule has 1 amide bonds. The maximum absolute atomic E-state index is 12.5. The molecular weight excluding hydrogens is 496 g/mol. The fourth-order valence-corrected chi connectivity index (χ4v) is 4.68. The van der Waals surface area contributed by atoms with Crippen LogP contribution in [0.5, 0.6) is 11.5 Å². The average molecular weight is 514 g/mol. The van der Waals surface area contributed by atoms with Gasteiger partial charge in [-0.1, -0.05) is 23.7 Å². The average Bonchev–Trinajstić information content (AvgIpc) is 3.23. The van der Waals surface area contributed by atoms with Gasteiger partial charge in [0.05, 0.1) is 23.6 Å². The topological polar surface area (TPSA) is 64.8 Å². The van der Waals surface area contributed by atoms with E-state index in [-0.39, 0.29) is 18.3 Å². The molecular formula is C25H18ClF2N3O3S. The number of amides is 1. The second-order valence-corrected chi connectivity index (χ2v) is 8.92. The predicted octanol–water partition coefficient (Wildman–Crippen LogP) is 6.08. The number of alkyl halides is 2. The summed E-state index contributed by atoms with van der Waals surface area (Å²) in [4.78, 5) is 17.2. The number of thiazole rings is 1. The van der Waals surface area contributed by atoms with Crippen LogP contribution in [0.4, 0.5) is 20.2 Å². The van der Waals surface area contributed by atoms with Crippen LogP contribution in [0.1, 0.15) is 5.56 Å². The van der Waals surface area contributed by atoms with E-state index < -0.39 is 6.61 Å². The van der Waals surface area contributed by atoms with Crippen LogP contribution in [0.2, 0.25) is 5.02 Å². The van der Waals surface area contributed by atoms with Crippen molar-refractivity contribution in [2.45, 2.75) is 13.2 Å². The number of halogens is 3. The maximum Gasteiger partial charge on any atom is 0.387 e. The van der Waals surface area contributed by atoms with Crippen LogP contribution in [0.25, 0.3) is 11.3 Å². The molecule has 0 radical (unpaired) electrons. The summed E-state index contributed by atoms with van der Waals surface area (Å²) in [6.45, 7) is -2.38. The SMILES string of the molecule is O=C1COc2ccc(-c3csc(=Nc4ccc(OC(F)F)cc4)n3Cc3ccc(Cl)cc3)cc2N1. The normalized spacial score (nSPS) is 13.4. The first-order valence-corrected chi connectivity index (χ1v) is 11.8. The number of ether oxygens (including phenoxy) is 2. The van der Waals surface area contributed by atoms with Gasteiger partial charge < -0.3 is 19.4 Å². The zero-order valence-electron chi connectivity index (χ0n) is 18.1. The number of aromatic nitrogens is 1. The van der Waals surface area contributed by atoms with Gasteiger partial charge in [-0.05, 0) is 60.2 Å². The monoisotopic (exact) mass is 513 g/mol. The van der Waals surface area contributed by atoms with Gasteiger partial charge in [-0.3, -0.25) is 4.79 Å². The third kappa shape index (κ3) is 5.36. The molecule has 3 aromatic carbocycles. The summed E-state index contributed by atoms with van der Waals surface area (Å²) in [5.74, 6) is 0.478. The smallest absolute Gasteiger partial charge is 0.387 e. The van der Waals surface area contributed by atoms with E-state index in [4.69, 9.17) is 21.3 Å². The van der Waals surface area contributed by atoms with E-state index in [9.17, 15) is 13.6 Å². The fourth-order valence-electron chi connectivity index (χ4n) is 3.63. The largest absolute Gasteiger partial charge is 0.482 e. The summed E-state index contributed by atoms with van der Waals surface area (Å²) < 4.78 is 36.9. The lowest BCUT2D eigenvalue weighted by Crippen LogP contribution is -2.25. The molecule has 0 atom stereocenters. The summed E-state index contributed by atoms with van der Waals surface area (Å²) in [6, 6.07) is 19.3. The van der Waals surface area contributed by atoms with E-state index >= 15 is 0 Å². The summed E-state index contributed by atoms with van der Waals surface area (Å²) in [6.07, 6.45) is 0. The van der Waals surface area contributed by atoms with Crippen LogP contribution in [0.3, 0.4) is 0 Å². The van der Waals surface area contributed by atoms with Gasteiger partial charge in [0, 0.05) is 16.0 Å². The fraction of sp³-hybridized carbons (Fsp3) is 0.120. The van der Waals surface area contributed by atoms with Crippen molar-refractivity contribution < 1.29 is 23.0 Å². The van der Waals surface area contributed by atoms with E-state index in [1.807, 2.05) is 52.4 Å². The summed E-state index contributed by atoms with van der Waals surface area (Å²) >= 11 is 7.50. The van der Waals surface area contributed by atoms with Crippen molar-refractivity contribution in [1.29, 1.82) is 0 Å². The van der Waals surface area contributed by atoms with Crippen molar-refractivity contribution in [3.63, 3.8) is 0 Å². The number of carbonyl (C=O) groups excluding carboxylic acids is 1. The molecule has 1 aliphatic heterocycles. The molecule has 0 unspecified atom stereocenters. The Hall–Kier alpha value is -3.69. The van der Waals surface area contributed by atoms with Crippen molar-refractivity contribution in [1.82, 2.24) is 4.57 Å². The van der Waals surface area contributed by atoms with Gasteiger partial charge in [-0.25, -0.2) is 4.99 Å². The number of fused-ring (bicyclic) bond motifs is 1. The Kier molecular flexibility index (Phi) is 6.52. The molecule has 0 aliphatic carbocycles. The molecule has 0 saturated carbocycles. The maximum atomic E-state index is 12.5. The molecule has 1 aliphatic rings. The zero-order valence-corrected chi connectivity index (χ0v) is 19.7. The Morgan fingerprint density at radius 3 is 2.63 bits per heavy atom. The lowest BCUT2D eigenvalue weighted by Gasteiger charge is -2.19. The molecule has 10 heteroatoms. The van der Waals surface area contributed by atoms with Gasteiger partial charge in [0.1, 0.15) is 11.5 Å². The van der Waals surface area contributed by atoms with Crippen LogP contribution >= 0.6 is 22.9 Å². The second kappa shape index (κ2) is 9.89. The van der Waals surface area contributed by atoms with Crippen molar-refractivity contribution in [3.05, 3.63) is 87.5 Å². The van der Waals surface area contributed by atoms with E-state index in [0.29, 0.717) is 33.5 Å². The number of benzene rings is 3. The molecule has 6 nitrogen and oxygen atoms in total.